The van der Waals surface area contributed by atoms with Gasteiger partial charge in [-0.2, -0.15) is 0 Å². The fourth-order valence-electron chi connectivity index (χ4n) is 3.32. The molecule has 7 heteroatoms. The number of halogens is 1. The van der Waals surface area contributed by atoms with Crippen LogP contribution in [0.2, 0.25) is 0 Å². The zero-order valence-corrected chi connectivity index (χ0v) is 17.2. The van der Waals surface area contributed by atoms with Crippen LogP contribution < -0.4 is 14.2 Å². The van der Waals surface area contributed by atoms with Gasteiger partial charge in [0.2, 0.25) is 0 Å². The zero-order valence-electron chi connectivity index (χ0n) is 15.6. The van der Waals surface area contributed by atoms with E-state index in [-0.39, 0.29) is 0 Å². The van der Waals surface area contributed by atoms with Gasteiger partial charge in [-0.1, -0.05) is 29.8 Å². The molecule has 4 rings (SSSR count). The first-order chi connectivity index (χ1) is 13.0. The van der Waals surface area contributed by atoms with Crippen LogP contribution in [0, 0.1) is 0 Å². The molecule has 27 heavy (non-hydrogen) atoms. The second kappa shape index (κ2) is 6.88. The van der Waals surface area contributed by atoms with E-state index in [9.17, 15) is 0 Å². The van der Waals surface area contributed by atoms with E-state index < -0.39 is 0 Å². The van der Waals surface area contributed by atoms with Crippen molar-refractivity contribution in [1.29, 1.82) is 0 Å². The van der Waals surface area contributed by atoms with Crippen molar-refractivity contribution in [3.63, 3.8) is 0 Å². The van der Waals surface area contributed by atoms with Crippen LogP contribution in [0.4, 0.5) is 0 Å². The number of ether oxygens (including phenoxy) is 3. The molecule has 2 heterocycles. The van der Waals surface area contributed by atoms with Crippen LogP contribution in [0.3, 0.4) is 0 Å². The van der Waals surface area contributed by atoms with Crippen LogP contribution in [-0.2, 0) is 6.61 Å². The van der Waals surface area contributed by atoms with Gasteiger partial charge in [-0.05, 0) is 35.7 Å². The standard InChI is InChI=1S/C20H20BrN3O3/c1-11(2)13-8-14(17(26-4)9-16(13)25-3)20-23-22-19-10-27-18-7-12(21)5-6-15(18)24(19)20/h5-9,11H,10H2,1-4H3. The topological polar surface area (TPSA) is 58.4 Å². The van der Waals surface area contributed by atoms with Crippen molar-refractivity contribution in [3.8, 4) is 34.3 Å². The molecule has 0 saturated heterocycles. The van der Waals surface area contributed by atoms with Gasteiger partial charge in [0.1, 0.15) is 23.9 Å². The quantitative estimate of drug-likeness (QED) is 0.599. The molecule has 0 saturated carbocycles. The summed E-state index contributed by atoms with van der Waals surface area (Å²) in [7, 11) is 3.32. The molecule has 0 unspecified atom stereocenters. The molecule has 0 radical (unpaired) electrons. The Bertz CT molecular complexity index is 1010. The third-order valence-corrected chi connectivity index (χ3v) is 5.16. The molecule has 140 valence electrons. The van der Waals surface area contributed by atoms with Crippen molar-refractivity contribution >= 4 is 15.9 Å². The Morgan fingerprint density at radius 1 is 1.07 bits per heavy atom. The number of hydrogen-bond donors (Lipinski definition) is 0. The predicted octanol–water partition coefficient (Wildman–Crippen LogP) is 4.73. The Labute approximate surface area is 166 Å². The maximum Gasteiger partial charge on any atom is 0.176 e. The summed E-state index contributed by atoms with van der Waals surface area (Å²) in [5, 5.41) is 8.79. The Morgan fingerprint density at radius 2 is 1.85 bits per heavy atom. The van der Waals surface area contributed by atoms with Gasteiger partial charge < -0.3 is 14.2 Å². The van der Waals surface area contributed by atoms with Gasteiger partial charge in [-0.15, -0.1) is 10.2 Å². The lowest BCUT2D eigenvalue weighted by molar-refractivity contribution is 0.279. The SMILES string of the molecule is COc1cc(OC)c(C(C)C)cc1-c1nnc2n1-c1ccc(Br)cc1OC2. The van der Waals surface area contributed by atoms with Crippen molar-refractivity contribution < 1.29 is 14.2 Å². The van der Waals surface area contributed by atoms with Crippen molar-refractivity contribution in [2.45, 2.75) is 26.4 Å². The molecule has 0 bridgehead atoms. The molecule has 6 nitrogen and oxygen atoms in total. The number of hydrogen-bond acceptors (Lipinski definition) is 5. The minimum atomic E-state index is 0.292. The lowest BCUT2D eigenvalue weighted by Crippen LogP contribution is -2.14. The van der Waals surface area contributed by atoms with Crippen LogP contribution in [0.5, 0.6) is 17.2 Å². The van der Waals surface area contributed by atoms with E-state index in [0.717, 1.165) is 44.4 Å². The summed E-state index contributed by atoms with van der Waals surface area (Å²) in [4.78, 5) is 0. The molecule has 3 aromatic rings. The lowest BCUT2D eigenvalue weighted by atomic mass is 9.98. The highest BCUT2D eigenvalue weighted by atomic mass is 79.9. The zero-order chi connectivity index (χ0) is 19.1. The van der Waals surface area contributed by atoms with E-state index in [1.54, 1.807) is 14.2 Å². The number of aromatic nitrogens is 3. The first kappa shape index (κ1) is 17.9. The Morgan fingerprint density at radius 3 is 2.56 bits per heavy atom. The largest absolute Gasteiger partial charge is 0.496 e. The molecule has 0 spiro atoms. The van der Waals surface area contributed by atoms with Crippen molar-refractivity contribution in [2.24, 2.45) is 0 Å². The predicted molar refractivity (Wildman–Crippen MR) is 106 cm³/mol. The molecule has 0 atom stereocenters. The smallest absolute Gasteiger partial charge is 0.176 e. The molecule has 0 aliphatic carbocycles. The number of nitrogens with zero attached hydrogens (tertiary/aromatic N) is 3. The second-order valence-corrected chi connectivity index (χ2v) is 7.54. The molecule has 0 amide bonds. The highest BCUT2D eigenvalue weighted by Crippen LogP contribution is 2.41. The van der Waals surface area contributed by atoms with Crippen LogP contribution in [0.15, 0.2) is 34.8 Å². The summed E-state index contributed by atoms with van der Waals surface area (Å²) in [6, 6.07) is 9.91. The molecule has 1 aliphatic rings. The fourth-order valence-corrected chi connectivity index (χ4v) is 3.66. The van der Waals surface area contributed by atoms with Gasteiger partial charge in [0.15, 0.2) is 11.6 Å². The van der Waals surface area contributed by atoms with Gasteiger partial charge in [0, 0.05) is 10.5 Å². The normalized spacial score (nSPS) is 12.4. The van der Waals surface area contributed by atoms with E-state index >= 15 is 0 Å². The maximum atomic E-state index is 5.83. The van der Waals surface area contributed by atoms with Crippen molar-refractivity contribution in [3.05, 3.63) is 46.2 Å². The highest BCUT2D eigenvalue weighted by Gasteiger charge is 2.26. The average molecular weight is 430 g/mol. The van der Waals surface area contributed by atoms with E-state index in [0.29, 0.717) is 18.3 Å². The van der Waals surface area contributed by atoms with Crippen LogP contribution in [-0.4, -0.2) is 29.0 Å². The van der Waals surface area contributed by atoms with Crippen LogP contribution in [0.25, 0.3) is 17.1 Å². The van der Waals surface area contributed by atoms with Gasteiger partial charge in [-0.25, -0.2) is 0 Å². The number of fused-ring (bicyclic) bond motifs is 3. The highest BCUT2D eigenvalue weighted by molar-refractivity contribution is 9.10. The average Bonchev–Trinajstić information content (AvgIpc) is 3.10. The fraction of sp³-hybridized carbons (Fsp3) is 0.300. The second-order valence-electron chi connectivity index (χ2n) is 6.63. The van der Waals surface area contributed by atoms with E-state index in [1.165, 1.54) is 0 Å². The number of benzene rings is 2. The van der Waals surface area contributed by atoms with E-state index in [2.05, 4.69) is 46.0 Å². The minimum Gasteiger partial charge on any atom is -0.496 e. The first-order valence-corrected chi connectivity index (χ1v) is 9.46. The van der Waals surface area contributed by atoms with Crippen LogP contribution >= 0.6 is 15.9 Å². The molecule has 0 N–H and O–H groups in total. The van der Waals surface area contributed by atoms with E-state index in [4.69, 9.17) is 14.2 Å². The Hall–Kier alpha value is -2.54. The Balaban J connectivity index is 1.95. The number of methoxy groups -OCH3 is 2. The molecule has 2 aromatic carbocycles. The summed E-state index contributed by atoms with van der Waals surface area (Å²) < 4.78 is 20.0. The molecule has 1 aromatic heterocycles. The summed E-state index contributed by atoms with van der Waals surface area (Å²) >= 11 is 3.49. The minimum absolute atomic E-state index is 0.292. The molecule has 1 aliphatic heterocycles. The third-order valence-electron chi connectivity index (χ3n) is 4.66. The van der Waals surface area contributed by atoms with E-state index in [1.807, 2.05) is 28.8 Å². The molecule has 0 fully saturated rings. The van der Waals surface area contributed by atoms with Gasteiger partial charge >= 0.3 is 0 Å². The van der Waals surface area contributed by atoms with Gasteiger partial charge in [-0.3, -0.25) is 4.57 Å². The van der Waals surface area contributed by atoms with Crippen LogP contribution in [0.1, 0.15) is 31.2 Å². The lowest BCUT2D eigenvalue weighted by Gasteiger charge is -2.22. The van der Waals surface area contributed by atoms with Crippen molar-refractivity contribution in [2.75, 3.05) is 14.2 Å². The van der Waals surface area contributed by atoms with Gasteiger partial charge in [0.05, 0.1) is 25.5 Å². The summed E-state index contributed by atoms with van der Waals surface area (Å²) in [6.07, 6.45) is 0. The molecular weight excluding hydrogens is 410 g/mol. The van der Waals surface area contributed by atoms with Gasteiger partial charge in [0.25, 0.3) is 0 Å². The monoisotopic (exact) mass is 429 g/mol. The molecular formula is C20H20BrN3O3. The summed E-state index contributed by atoms with van der Waals surface area (Å²) in [5.74, 6) is 4.05. The summed E-state index contributed by atoms with van der Waals surface area (Å²) in [5.41, 5.74) is 2.87. The first-order valence-electron chi connectivity index (χ1n) is 8.66. The maximum absolute atomic E-state index is 5.83. The number of rotatable bonds is 4. The van der Waals surface area contributed by atoms with Crippen molar-refractivity contribution in [1.82, 2.24) is 14.8 Å². The third kappa shape index (κ3) is 2.96. The Kier molecular flexibility index (Phi) is 4.55. The summed E-state index contributed by atoms with van der Waals surface area (Å²) in [6.45, 7) is 4.63.